The molecular weight excluding hydrogens is 295 g/mol. The molecule has 1 N–H and O–H groups in total. The lowest BCUT2D eigenvalue weighted by Gasteiger charge is -2.12. The minimum Gasteiger partial charge on any atom is -0.388 e. The fourth-order valence-electron chi connectivity index (χ4n) is 1.88. The molecule has 1 nitrogen and oxygen atoms in total. The second kappa shape index (κ2) is 6.12. The molecule has 1 unspecified atom stereocenters. The topological polar surface area (TPSA) is 20.2 Å². The first-order valence-electron chi connectivity index (χ1n) is 5.84. The van der Waals surface area contributed by atoms with E-state index in [4.69, 9.17) is 0 Å². The van der Waals surface area contributed by atoms with Crippen molar-refractivity contribution in [3.05, 3.63) is 69.9 Å². The van der Waals surface area contributed by atoms with E-state index < -0.39 is 6.10 Å². The Hall–Kier alpha value is -1.19. The van der Waals surface area contributed by atoms with E-state index in [2.05, 4.69) is 15.9 Å². The Balaban J connectivity index is 2.01. The van der Waals surface area contributed by atoms with Crippen molar-refractivity contribution in [1.82, 2.24) is 0 Å². The van der Waals surface area contributed by atoms with E-state index in [9.17, 15) is 9.50 Å². The van der Waals surface area contributed by atoms with Crippen molar-refractivity contribution in [2.24, 2.45) is 0 Å². The summed E-state index contributed by atoms with van der Waals surface area (Å²) in [6, 6.07) is 14.6. The molecule has 0 fully saturated rings. The molecule has 0 spiro atoms. The second-order valence-corrected chi connectivity index (χ2v) is 5.12. The molecule has 0 aliphatic carbocycles. The minimum absolute atomic E-state index is 0.356. The molecule has 2 rings (SSSR count). The average Bonchev–Trinajstić information content (AvgIpc) is 2.37. The molecule has 2 aromatic carbocycles. The monoisotopic (exact) mass is 308 g/mol. The predicted molar refractivity (Wildman–Crippen MR) is 73.8 cm³/mol. The van der Waals surface area contributed by atoms with Crippen LogP contribution in [0.1, 0.15) is 23.7 Å². The van der Waals surface area contributed by atoms with Gasteiger partial charge in [0.05, 0.1) is 6.10 Å². The Morgan fingerprint density at radius 1 is 1.11 bits per heavy atom. The molecule has 2 aromatic rings. The number of halogens is 2. The minimum atomic E-state index is -0.765. The van der Waals surface area contributed by atoms with Crippen molar-refractivity contribution >= 4 is 15.9 Å². The number of hydrogen-bond acceptors (Lipinski definition) is 1. The van der Waals surface area contributed by atoms with Crippen molar-refractivity contribution in [2.75, 3.05) is 0 Å². The van der Waals surface area contributed by atoms with Gasteiger partial charge in [-0.1, -0.05) is 52.3 Å². The van der Waals surface area contributed by atoms with Crippen LogP contribution in [0.4, 0.5) is 4.39 Å². The first kappa shape index (κ1) is 13.2. The number of aliphatic hydroxyl groups excluding tert-OH is 1. The molecular formula is C15H14BrFO. The van der Waals surface area contributed by atoms with Gasteiger partial charge in [0.1, 0.15) is 5.82 Å². The number of aryl methyl sites for hydroxylation is 1. The molecule has 0 amide bonds. The van der Waals surface area contributed by atoms with Crippen molar-refractivity contribution in [2.45, 2.75) is 18.9 Å². The highest BCUT2D eigenvalue weighted by molar-refractivity contribution is 9.10. The molecule has 0 aliphatic heterocycles. The van der Waals surface area contributed by atoms with Gasteiger partial charge in [0.2, 0.25) is 0 Å². The summed E-state index contributed by atoms with van der Waals surface area (Å²) < 4.78 is 14.3. The summed E-state index contributed by atoms with van der Waals surface area (Å²) >= 11 is 3.20. The summed E-state index contributed by atoms with van der Waals surface area (Å²) in [5.74, 6) is -0.370. The molecule has 0 heterocycles. The van der Waals surface area contributed by atoms with E-state index in [0.29, 0.717) is 16.5 Å². The van der Waals surface area contributed by atoms with Crippen molar-refractivity contribution in [3.8, 4) is 0 Å². The zero-order chi connectivity index (χ0) is 13.0. The van der Waals surface area contributed by atoms with Gasteiger partial charge in [-0.2, -0.15) is 0 Å². The highest BCUT2D eigenvalue weighted by Gasteiger charge is 2.12. The lowest BCUT2D eigenvalue weighted by molar-refractivity contribution is 0.163. The second-order valence-electron chi connectivity index (χ2n) is 4.21. The third-order valence-electron chi connectivity index (χ3n) is 2.87. The molecule has 0 radical (unpaired) electrons. The van der Waals surface area contributed by atoms with E-state index >= 15 is 0 Å². The van der Waals surface area contributed by atoms with Crippen molar-refractivity contribution in [3.63, 3.8) is 0 Å². The Kier molecular flexibility index (Phi) is 4.50. The molecule has 0 bridgehead atoms. The van der Waals surface area contributed by atoms with Gasteiger partial charge in [0.15, 0.2) is 0 Å². The van der Waals surface area contributed by atoms with Crippen molar-refractivity contribution in [1.29, 1.82) is 0 Å². The number of aliphatic hydroxyl groups is 1. The molecule has 0 saturated heterocycles. The van der Waals surface area contributed by atoms with Crippen LogP contribution in [0.3, 0.4) is 0 Å². The van der Waals surface area contributed by atoms with Crippen LogP contribution in [-0.2, 0) is 6.42 Å². The van der Waals surface area contributed by atoms with E-state index in [1.165, 1.54) is 6.07 Å². The average molecular weight is 309 g/mol. The van der Waals surface area contributed by atoms with Crippen LogP contribution in [0.25, 0.3) is 0 Å². The van der Waals surface area contributed by atoms with Gasteiger partial charge in [-0.3, -0.25) is 0 Å². The molecule has 1 atom stereocenters. The summed E-state index contributed by atoms with van der Waals surface area (Å²) in [7, 11) is 0. The summed E-state index contributed by atoms with van der Waals surface area (Å²) in [5, 5.41) is 10.00. The number of benzene rings is 2. The van der Waals surface area contributed by atoms with Crippen LogP contribution in [0.5, 0.6) is 0 Å². The highest BCUT2D eigenvalue weighted by Crippen LogP contribution is 2.24. The maximum absolute atomic E-state index is 13.6. The molecule has 0 aromatic heterocycles. The van der Waals surface area contributed by atoms with Crippen molar-refractivity contribution < 1.29 is 9.50 Å². The summed E-state index contributed by atoms with van der Waals surface area (Å²) in [6.07, 6.45) is 0.485. The van der Waals surface area contributed by atoms with Gasteiger partial charge >= 0.3 is 0 Å². The lowest BCUT2D eigenvalue weighted by atomic mass is 10.0. The van der Waals surface area contributed by atoms with Crippen LogP contribution in [0.2, 0.25) is 0 Å². The summed E-state index contributed by atoms with van der Waals surface area (Å²) in [6.45, 7) is 0. The van der Waals surface area contributed by atoms with E-state index in [-0.39, 0.29) is 5.82 Å². The predicted octanol–water partition coefficient (Wildman–Crippen LogP) is 4.25. The SMILES string of the molecule is OC(CCc1ccccc1)c1ccc(Br)cc1F. The van der Waals surface area contributed by atoms with Gasteiger partial charge in [-0.15, -0.1) is 0 Å². The molecule has 0 aliphatic rings. The fraction of sp³-hybridized carbons (Fsp3) is 0.200. The molecule has 94 valence electrons. The maximum Gasteiger partial charge on any atom is 0.130 e. The Labute approximate surface area is 114 Å². The van der Waals surface area contributed by atoms with Gasteiger partial charge in [0.25, 0.3) is 0 Å². The smallest absolute Gasteiger partial charge is 0.130 e. The number of hydrogen-bond donors (Lipinski definition) is 1. The third kappa shape index (κ3) is 3.40. The normalized spacial score (nSPS) is 12.4. The van der Waals surface area contributed by atoms with Gasteiger partial charge in [-0.05, 0) is 30.5 Å². The van der Waals surface area contributed by atoms with E-state index in [1.807, 2.05) is 30.3 Å². The Morgan fingerprint density at radius 3 is 2.50 bits per heavy atom. The summed E-state index contributed by atoms with van der Waals surface area (Å²) in [5.41, 5.74) is 1.50. The van der Waals surface area contributed by atoms with Crippen LogP contribution in [0.15, 0.2) is 53.0 Å². The van der Waals surface area contributed by atoms with Crippen LogP contribution in [0, 0.1) is 5.82 Å². The van der Waals surface area contributed by atoms with E-state index in [0.717, 1.165) is 12.0 Å². The largest absolute Gasteiger partial charge is 0.388 e. The summed E-state index contributed by atoms with van der Waals surface area (Å²) in [4.78, 5) is 0. The van der Waals surface area contributed by atoms with Crippen LogP contribution in [-0.4, -0.2) is 5.11 Å². The Bertz CT molecular complexity index is 513. The van der Waals surface area contributed by atoms with Gasteiger partial charge in [0, 0.05) is 10.0 Å². The first-order valence-corrected chi connectivity index (χ1v) is 6.63. The first-order chi connectivity index (χ1) is 8.66. The lowest BCUT2D eigenvalue weighted by Crippen LogP contribution is -2.02. The molecule has 18 heavy (non-hydrogen) atoms. The van der Waals surface area contributed by atoms with Gasteiger partial charge in [-0.25, -0.2) is 4.39 Å². The third-order valence-corrected chi connectivity index (χ3v) is 3.36. The standard InChI is InChI=1S/C15H14BrFO/c16-12-7-8-13(14(17)10-12)15(18)9-6-11-4-2-1-3-5-11/h1-5,7-8,10,15,18H,6,9H2. The zero-order valence-electron chi connectivity index (χ0n) is 9.81. The molecule has 0 saturated carbocycles. The van der Waals surface area contributed by atoms with Crippen LogP contribution < -0.4 is 0 Å². The zero-order valence-corrected chi connectivity index (χ0v) is 11.4. The van der Waals surface area contributed by atoms with Gasteiger partial charge < -0.3 is 5.11 Å². The quantitative estimate of drug-likeness (QED) is 0.895. The highest BCUT2D eigenvalue weighted by atomic mass is 79.9. The Morgan fingerprint density at radius 2 is 1.83 bits per heavy atom. The number of rotatable bonds is 4. The fourth-order valence-corrected chi connectivity index (χ4v) is 2.21. The maximum atomic E-state index is 13.6. The van der Waals surface area contributed by atoms with E-state index in [1.54, 1.807) is 12.1 Å². The van der Waals surface area contributed by atoms with Crippen LogP contribution >= 0.6 is 15.9 Å². The molecule has 3 heteroatoms.